The van der Waals surface area contributed by atoms with Crippen LogP contribution in [0.3, 0.4) is 0 Å². The summed E-state index contributed by atoms with van der Waals surface area (Å²) < 4.78 is 5.76. The average molecular weight is 514 g/mol. The van der Waals surface area contributed by atoms with E-state index < -0.39 is 0 Å². The van der Waals surface area contributed by atoms with Crippen LogP contribution in [-0.4, -0.2) is 23.6 Å². The van der Waals surface area contributed by atoms with Gasteiger partial charge in [0.2, 0.25) is 5.91 Å². The number of hydrogen-bond acceptors (Lipinski definition) is 4. The van der Waals surface area contributed by atoms with E-state index in [1.807, 2.05) is 12.1 Å². The first-order valence-electron chi connectivity index (χ1n) is 11.1. The Kier molecular flexibility index (Phi) is 7.93. The van der Waals surface area contributed by atoms with Crippen molar-refractivity contribution in [2.45, 2.75) is 32.2 Å². The molecule has 1 atom stereocenters. The van der Waals surface area contributed by atoms with Gasteiger partial charge in [-0.3, -0.25) is 10.1 Å². The minimum atomic E-state index is -0.361. The zero-order chi connectivity index (χ0) is 24.1. The fraction of sp³-hybridized carbons (Fsp3) is 0.231. The number of hydrogen-bond donors (Lipinski definition) is 2. The van der Waals surface area contributed by atoms with Crippen molar-refractivity contribution in [1.82, 2.24) is 5.32 Å². The molecule has 1 fully saturated rings. The lowest BCUT2D eigenvalue weighted by molar-refractivity contribution is -0.115. The zero-order valence-corrected chi connectivity index (χ0v) is 21.0. The molecule has 34 heavy (non-hydrogen) atoms. The fourth-order valence-corrected chi connectivity index (χ4v) is 4.73. The van der Waals surface area contributed by atoms with Crippen LogP contribution in [0.15, 0.2) is 65.1 Å². The third-order valence-corrected chi connectivity index (χ3v) is 6.31. The molecule has 1 amide bonds. The number of carbonyl (C=O) groups excluding carboxylic acids is 1. The van der Waals surface area contributed by atoms with Crippen molar-refractivity contribution in [3.63, 3.8) is 0 Å². The minimum absolute atomic E-state index is 0.224. The van der Waals surface area contributed by atoms with Crippen molar-refractivity contribution in [3.05, 3.63) is 76.5 Å². The van der Waals surface area contributed by atoms with E-state index >= 15 is 0 Å². The van der Waals surface area contributed by atoms with Gasteiger partial charge in [-0.1, -0.05) is 23.2 Å². The second kappa shape index (κ2) is 11.1. The molecule has 0 unspecified atom stereocenters. The number of anilines is 2. The second-order valence-corrected chi connectivity index (χ2v) is 9.50. The van der Waals surface area contributed by atoms with E-state index in [2.05, 4.69) is 34.6 Å². The van der Waals surface area contributed by atoms with Gasteiger partial charge in [-0.15, -0.1) is 0 Å². The summed E-state index contributed by atoms with van der Waals surface area (Å²) in [6, 6.07) is 17.4. The molecule has 5 nitrogen and oxygen atoms in total. The highest BCUT2D eigenvalue weighted by atomic mass is 35.5. The van der Waals surface area contributed by atoms with Gasteiger partial charge in [0, 0.05) is 45.6 Å². The first-order valence-corrected chi connectivity index (χ1v) is 12.3. The molecule has 1 aliphatic heterocycles. The van der Waals surface area contributed by atoms with Crippen LogP contribution in [0.2, 0.25) is 10.0 Å². The van der Waals surface area contributed by atoms with Crippen LogP contribution in [0.4, 0.5) is 11.4 Å². The number of furan rings is 1. The lowest BCUT2D eigenvalue weighted by Crippen LogP contribution is -2.37. The van der Waals surface area contributed by atoms with Gasteiger partial charge >= 0.3 is 0 Å². The molecule has 0 bridgehead atoms. The fourth-order valence-electron chi connectivity index (χ4n) is 3.99. The predicted molar refractivity (Wildman–Crippen MR) is 145 cm³/mol. The normalized spacial score (nSPS) is 16.0. The highest BCUT2D eigenvalue weighted by Gasteiger charge is 2.18. The summed E-state index contributed by atoms with van der Waals surface area (Å²) in [5.41, 5.74) is 2.78. The van der Waals surface area contributed by atoms with Crippen LogP contribution in [-0.2, 0) is 4.79 Å². The van der Waals surface area contributed by atoms with Crippen molar-refractivity contribution in [2.75, 3.05) is 16.8 Å². The lowest BCUT2D eigenvalue weighted by Gasteiger charge is -2.35. The highest BCUT2D eigenvalue weighted by molar-refractivity contribution is 7.80. The molecule has 1 aliphatic rings. The summed E-state index contributed by atoms with van der Waals surface area (Å²) in [7, 11) is 0. The van der Waals surface area contributed by atoms with Crippen molar-refractivity contribution < 1.29 is 9.21 Å². The largest absolute Gasteiger partial charge is 0.457 e. The molecule has 2 N–H and O–H groups in total. The number of rotatable bonds is 5. The highest BCUT2D eigenvalue weighted by Crippen LogP contribution is 2.29. The van der Waals surface area contributed by atoms with E-state index in [0.717, 1.165) is 17.8 Å². The summed E-state index contributed by atoms with van der Waals surface area (Å²) in [5.74, 6) is 0.756. The van der Waals surface area contributed by atoms with E-state index in [9.17, 15) is 4.79 Å². The molecular formula is C26H25Cl2N3O2S. The summed E-state index contributed by atoms with van der Waals surface area (Å²) >= 11 is 17.4. The lowest BCUT2D eigenvalue weighted by atomic mass is 10.0. The van der Waals surface area contributed by atoms with Crippen LogP contribution >= 0.6 is 35.4 Å². The molecule has 8 heteroatoms. The minimum Gasteiger partial charge on any atom is -0.457 e. The van der Waals surface area contributed by atoms with Crippen molar-refractivity contribution in [2.24, 2.45) is 0 Å². The van der Waals surface area contributed by atoms with E-state index in [4.69, 9.17) is 39.8 Å². The number of amides is 1. The summed E-state index contributed by atoms with van der Waals surface area (Å²) in [5, 5.41) is 6.96. The maximum Gasteiger partial charge on any atom is 0.250 e. The van der Waals surface area contributed by atoms with Gasteiger partial charge in [-0.05, 0) is 99.1 Å². The van der Waals surface area contributed by atoms with Crippen LogP contribution in [0.5, 0.6) is 0 Å². The molecule has 3 aromatic rings. The predicted octanol–water partition coefficient (Wildman–Crippen LogP) is 7.16. The first-order chi connectivity index (χ1) is 16.4. The van der Waals surface area contributed by atoms with Crippen molar-refractivity contribution in [3.8, 4) is 11.3 Å². The molecule has 4 rings (SSSR count). The maximum atomic E-state index is 12.3. The van der Waals surface area contributed by atoms with Crippen LogP contribution in [0, 0.1) is 0 Å². The molecule has 0 aliphatic carbocycles. The van der Waals surface area contributed by atoms with Crippen molar-refractivity contribution >= 4 is 63.9 Å². The molecule has 176 valence electrons. The number of halogens is 2. The second-order valence-electron chi connectivity index (χ2n) is 8.22. The molecule has 1 aromatic heterocycles. The van der Waals surface area contributed by atoms with Crippen LogP contribution in [0.25, 0.3) is 17.4 Å². The van der Waals surface area contributed by atoms with Gasteiger partial charge in [0.25, 0.3) is 0 Å². The van der Waals surface area contributed by atoms with Gasteiger partial charge < -0.3 is 14.6 Å². The van der Waals surface area contributed by atoms with E-state index in [-0.39, 0.29) is 11.0 Å². The first kappa shape index (κ1) is 24.3. The smallest absolute Gasteiger partial charge is 0.250 e. The van der Waals surface area contributed by atoms with Gasteiger partial charge in [-0.25, -0.2) is 0 Å². The quantitative estimate of drug-likeness (QED) is 0.280. The Hall–Kier alpha value is -2.80. The summed E-state index contributed by atoms with van der Waals surface area (Å²) in [6.45, 7) is 3.35. The Bertz CT molecular complexity index is 1190. The molecule has 0 radical (unpaired) electrons. The Morgan fingerprint density at radius 1 is 1.09 bits per heavy atom. The summed E-state index contributed by atoms with van der Waals surface area (Å²) in [6.07, 6.45) is 6.67. The molecule has 0 spiro atoms. The zero-order valence-electron chi connectivity index (χ0n) is 18.7. The standard InChI is InChI=1S/C26H25Cl2N3O2S/c1-17-4-2-3-13-31(17)22-7-5-21(6-8-22)29-26(34)30-25(32)12-10-23-9-11-24(33-23)18-14-19(27)16-20(28)15-18/h5-12,14-17H,2-4,13H2,1H3,(H2,29,30,32,34)/b12-10+/t17-/m1/s1. The Balaban J connectivity index is 1.30. The van der Waals surface area contributed by atoms with Crippen LogP contribution in [0.1, 0.15) is 31.9 Å². The van der Waals surface area contributed by atoms with Gasteiger partial charge in [0.15, 0.2) is 5.11 Å². The van der Waals surface area contributed by atoms with Gasteiger partial charge in [0.05, 0.1) is 0 Å². The SMILES string of the molecule is C[C@@H]1CCCCN1c1ccc(NC(=S)NC(=O)/C=C/c2ccc(-c3cc(Cl)cc(Cl)c3)o2)cc1. The van der Waals surface area contributed by atoms with Crippen molar-refractivity contribution in [1.29, 1.82) is 0 Å². The van der Waals surface area contributed by atoms with Crippen LogP contribution < -0.4 is 15.5 Å². The maximum absolute atomic E-state index is 12.3. The third kappa shape index (κ3) is 6.41. The summed E-state index contributed by atoms with van der Waals surface area (Å²) in [4.78, 5) is 14.7. The average Bonchev–Trinajstić information content (AvgIpc) is 3.27. The van der Waals surface area contributed by atoms with E-state index in [1.165, 1.54) is 31.0 Å². The monoisotopic (exact) mass is 513 g/mol. The van der Waals surface area contributed by atoms with Gasteiger partial charge in [0.1, 0.15) is 11.5 Å². The topological polar surface area (TPSA) is 57.5 Å². The molecule has 0 saturated carbocycles. The number of carbonyl (C=O) groups is 1. The molecule has 1 saturated heterocycles. The Morgan fingerprint density at radius 2 is 1.82 bits per heavy atom. The molecule has 2 heterocycles. The molecule has 2 aromatic carbocycles. The Labute approximate surface area is 214 Å². The number of piperidine rings is 1. The van der Waals surface area contributed by atoms with Gasteiger partial charge in [-0.2, -0.15) is 0 Å². The van der Waals surface area contributed by atoms with E-state index in [1.54, 1.807) is 36.4 Å². The third-order valence-electron chi connectivity index (χ3n) is 5.67. The number of nitrogens with one attached hydrogen (secondary N) is 2. The number of thiocarbonyl (C=S) groups is 1. The molecular weight excluding hydrogens is 489 g/mol. The Morgan fingerprint density at radius 3 is 2.53 bits per heavy atom. The number of benzene rings is 2. The number of nitrogens with zero attached hydrogens (tertiary/aromatic N) is 1. The van der Waals surface area contributed by atoms with E-state index in [0.29, 0.717) is 27.6 Å².